The van der Waals surface area contributed by atoms with Crippen molar-refractivity contribution in [3.05, 3.63) is 24.1 Å². The van der Waals surface area contributed by atoms with E-state index >= 15 is 0 Å². The lowest BCUT2D eigenvalue weighted by atomic mass is 10.3. The molecule has 2 N–H and O–H groups in total. The summed E-state index contributed by atoms with van der Waals surface area (Å²) >= 11 is 0. The summed E-state index contributed by atoms with van der Waals surface area (Å²) in [5, 5.41) is 12.3. The number of carbonyl (C=O) groups is 1. The first kappa shape index (κ1) is 12.6. The monoisotopic (exact) mass is 287 g/mol. The van der Waals surface area contributed by atoms with Crippen LogP contribution >= 0.6 is 0 Å². The molecule has 1 aliphatic heterocycles. The second-order valence-corrected chi connectivity index (χ2v) is 5.83. The van der Waals surface area contributed by atoms with Crippen molar-refractivity contribution in [2.45, 2.75) is 31.3 Å². The van der Waals surface area contributed by atoms with Gasteiger partial charge in [-0.3, -0.25) is 0 Å². The van der Waals surface area contributed by atoms with Gasteiger partial charge in [-0.05, 0) is 37.5 Å². The normalized spacial score (nSPS) is 22.0. The Kier molecular flexibility index (Phi) is 2.85. The predicted molar refractivity (Wildman–Crippen MR) is 77.2 cm³/mol. The van der Waals surface area contributed by atoms with Crippen LogP contribution in [0.15, 0.2) is 22.6 Å². The fraction of sp³-hybridized carbons (Fsp3) is 0.467. The van der Waals surface area contributed by atoms with E-state index in [0.29, 0.717) is 31.1 Å². The Morgan fingerprint density at radius 3 is 2.95 bits per heavy atom. The number of amides is 2. The van der Waals surface area contributed by atoms with Crippen molar-refractivity contribution in [2.24, 2.45) is 0 Å². The molecule has 6 nitrogen and oxygen atoms in total. The van der Waals surface area contributed by atoms with Crippen LogP contribution in [0.2, 0.25) is 0 Å². The van der Waals surface area contributed by atoms with Gasteiger partial charge in [0, 0.05) is 24.7 Å². The minimum absolute atomic E-state index is 0.184. The molecule has 6 heteroatoms. The number of aliphatic hydroxyl groups is 1. The van der Waals surface area contributed by atoms with Crippen LogP contribution in [0.3, 0.4) is 0 Å². The zero-order chi connectivity index (χ0) is 14.4. The number of anilines is 1. The van der Waals surface area contributed by atoms with Crippen molar-refractivity contribution in [1.29, 1.82) is 0 Å². The molecule has 1 atom stereocenters. The maximum atomic E-state index is 12.1. The molecule has 0 spiro atoms. The Bertz CT molecular complexity index is 693. The van der Waals surface area contributed by atoms with Crippen LogP contribution in [0.4, 0.5) is 10.5 Å². The summed E-state index contributed by atoms with van der Waals surface area (Å²) in [5.74, 6) is 1.28. The number of β-amino-alcohol motifs (C(OH)–C–C–N with tert-alkyl or cyclic N) is 1. The number of benzene rings is 1. The molecule has 1 aliphatic carbocycles. The molecule has 2 fully saturated rings. The van der Waals surface area contributed by atoms with E-state index in [1.807, 2.05) is 18.2 Å². The van der Waals surface area contributed by atoms with Gasteiger partial charge < -0.3 is 19.7 Å². The first-order valence-corrected chi connectivity index (χ1v) is 7.33. The molecule has 1 saturated heterocycles. The maximum Gasteiger partial charge on any atom is 0.321 e. The molecule has 21 heavy (non-hydrogen) atoms. The molecular formula is C15H17N3O3. The number of aliphatic hydroxyl groups excluding tert-OH is 1. The highest BCUT2D eigenvalue weighted by molar-refractivity contribution is 5.91. The number of likely N-dealkylation sites (tertiary alicyclic amines) is 1. The second kappa shape index (κ2) is 4.73. The van der Waals surface area contributed by atoms with Crippen LogP contribution in [0.5, 0.6) is 0 Å². The highest BCUT2D eigenvalue weighted by Crippen LogP contribution is 2.40. The van der Waals surface area contributed by atoms with Crippen molar-refractivity contribution in [3.8, 4) is 0 Å². The molecule has 110 valence electrons. The van der Waals surface area contributed by atoms with Gasteiger partial charge in [-0.1, -0.05) is 0 Å². The number of rotatable bonds is 2. The third kappa shape index (κ3) is 2.47. The lowest BCUT2D eigenvalue weighted by molar-refractivity contribution is 0.176. The topological polar surface area (TPSA) is 78.6 Å². The number of hydrogen-bond donors (Lipinski definition) is 2. The summed E-state index contributed by atoms with van der Waals surface area (Å²) in [6.07, 6.45) is 2.52. The Morgan fingerprint density at radius 2 is 2.24 bits per heavy atom. The van der Waals surface area contributed by atoms with Gasteiger partial charge in [0.25, 0.3) is 0 Å². The quantitative estimate of drug-likeness (QED) is 0.888. The third-order valence-electron chi connectivity index (χ3n) is 4.03. The van der Waals surface area contributed by atoms with Crippen molar-refractivity contribution >= 4 is 22.8 Å². The van der Waals surface area contributed by atoms with Gasteiger partial charge in [-0.15, -0.1) is 0 Å². The van der Waals surface area contributed by atoms with Crippen molar-refractivity contribution in [2.75, 3.05) is 18.4 Å². The fourth-order valence-electron chi connectivity index (χ4n) is 2.66. The molecule has 2 aromatic rings. The average molecular weight is 287 g/mol. The van der Waals surface area contributed by atoms with Crippen LogP contribution in [0.1, 0.15) is 31.1 Å². The lowest BCUT2D eigenvalue weighted by Gasteiger charge is -2.16. The van der Waals surface area contributed by atoms with E-state index in [4.69, 9.17) is 4.42 Å². The van der Waals surface area contributed by atoms with Crippen molar-refractivity contribution in [1.82, 2.24) is 9.88 Å². The summed E-state index contributed by atoms with van der Waals surface area (Å²) in [7, 11) is 0. The summed E-state index contributed by atoms with van der Waals surface area (Å²) in [5.41, 5.74) is 2.23. The number of urea groups is 1. The molecule has 4 rings (SSSR count). The Labute approximate surface area is 121 Å². The minimum atomic E-state index is -0.408. The molecule has 2 amide bonds. The zero-order valence-corrected chi connectivity index (χ0v) is 11.6. The Balaban J connectivity index is 1.51. The molecule has 2 heterocycles. The van der Waals surface area contributed by atoms with Gasteiger partial charge in [0.2, 0.25) is 0 Å². The summed E-state index contributed by atoms with van der Waals surface area (Å²) in [6, 6.07) is 5.30. The summed E-state index contributed by atoms with van der Waals surface area (Å²) in [6.45, 7) is 0.981. The van der Waals surface area contributed by atoms with Crippen molar-refractivity contribution in [3.63, 3.8) is 0 Å². The number of hydrogen-bond acceptors (Lipinski definition) is 4. The van der Waals surface area contributed by atoms with Gasteiger partial charge in [0.15, 0.2) is 11.5 Å². The van der Waals surface area contributed by atoms with Gasteiger partial charge in [-0.2, -0.15) is 0 Å². The van der Waals surface area contributed by atoms with E-state index in [0.717, 1.165) is 29.8 Å². The molecule has 1 saturated carbocycles. The van der Waals surface area contributed by atoms with Crippen LogP contribution in [0, 0.1) is 0 Å². The van der Waals surface area contributed by atoms with Crippen LogP contribution in [0.25, 0.3) is 11.1 Å². The molecular weight excluding hydrogens is 270 g/mol. The van der Waals surface area contributed by atoms with E-state index < -0.39 is 6.10 Å². The summed E-state index contributed by atoms with van der Waals surface area (Å²) < 4.78 is 5.70. The maximum absolute atomic E-state index is 12.1. The highest BCUT2D eigenvalue weighted by atomic mass is 16.3. The first-order chi connectivity index (χ1) is 10.2. The van der Waals surface area contributed by atoms with Gasteiger partial charge >= 0.3 is 6.03 Å². The largest absolute Gasteiger partial charge is 0.440 e. The van der Waals surface area contributed by atoms with Gasteiger partial charge in [0.05, 0.1) is 6.10 Å². The standard InChI is InChI=1S/C15H17N3O3/c19-11-5-6-18(8-11)15(20)16-10-3-4-13-12(7-10)17-14(21-13)9-1-2-9/h3-4,7,9,11,19H,1-2,5-6,8H2,(H,16,20)/t11-/m1/s1. The molecule has 0 bridgehead atoms. The average Bonchev–Trinajstić information content (AvgIpc) is 3.09. The Morgan fingerprint density at radius 1 is 1.38 bits per heavy atom. The fourth-order valence-corrected chi connectivity index (χ4v) is 2.66. The number of oxazole rings is 1. The van der Waals surface area contributed by atoms with E-state index in [9.17, 15) is 9.90 Å². The molecule has 1 aromatic heterocycles. The number of carbonyl (C=O) groups excluding carboxylic acids is 1. The number of nitrogens with zero attached hydrogens (tertiary/aromatic N) is 2. The van der Waals surface area contributed by atoms with E-state index in [2.05, 4.69) is 10.3 Å². The van der Waals surface area contributed by atoms with E-state index in [1.54, 1.807) is 4.90 Å². The van der Waals surface area contributed by atoms with E-state index in [-0.39, 0.29) is 6.03 Å². The zero-order valence-electron chi connectivity index (χ0n) is 11.6. The van der Waals surface area contributed by atoms with Gasteiger partial charge in [-0.25, -0.2) is 9.78 Å². The lowest BCUT2D eigenvalue weighted by Crippen LogP contribution is -2.33. The predicted octanol–water partition coefficient (Wildman–Crippen LogP) is 2.30. The summed E-state index contributed by atoms with van der Waals surface area (Å²) in [4.78, 5) is 18.2. The third-order valence-corrected chi connectivity index (χ3v) is 4.03. The van der Waals surface area contributed by atoms with Crippen LogP contribution in [-0.2, 0) is 0 Å². The SMILES string of the molecule is O=C(Nc1ccc2oc(C3CC3)nc2c1)N1CC[C@@H](O)C1. The minimum Gasteiger partial charge on any atom is -0.440 e. The van der Waals surface area contributed by atoms with Crippen LogP contribution in [-0.4, -0.2) is 40.2 Å². The number of nitrogens with one attached hydrogen (secondary N) is 1. The molecule has 1 aromatic carbocycles. The number of aromatic nitrogens is 1. The first-order valence-electron chi connectivity index (χ1n) is 7.33. The van der Waals surface area contributed by atoms with Crippen LogP contribution < -0.4 is 5.32 Å². The smallest absolute Gasteiger partial charge is 0.321 e. The van der Waals surface area contributed by atoms with Gasteiger partial charge in [0.1, 0.15) is 5.52 Å². The molecule has 0 radical (unpaired) electrons. The second-order valence-electron chi connectivity index (χ2n) is 5.83. The highest BCUT2D eigenvalue weighted by Gasteiger charge is 2.29. The number of fused-ring (bicyclic) bond motifs is 1. The Hall–Kier alpha value is -2.08. The van der Waals surface area contributed by atoms with Crippen molar-refractivity contribution < 1.29 is 14.3 Å². The molecule has 2 aliphatic rings. The molecule has 0 unspecified atom stereocenters. The van der Waals surface area contributed by atoms with E-state index in [1.165, 1.54) is 0 Å².